The van der Waals surface area contributed by atoms with E-state index in [0.717, 1.165) is 105 Å². The lowest BCUT2D eigenvalue weighted by Gasteiger charge is -2.12. The number of furan rings is 1. The Kier molecular flexibility index (Phi) is 11.6. The fraction of sp³-hybridized carbons (Fsp3) is 0.0294. The van der Waals surface area contributed by atoms with Gasteiger partial charge >= 0.3 is 0 Å². The van der Waals surface area contributed by atoms with Crippen LogP contribution in [0.25, 0.3) is 134 Å². The molecule has 360 valence electrons. The Morgan fingerprint density at radius 3 is 1.72 bits per heavy atom. The molecule has 13 aromatic rings. The summed E-state index contributed by atoms with van der Waals surface area (Å²) in [6.07, 6.45) is 7.64. The Morgan fingerprint density at radius 1 is 0.434 bits per heavy atom. The first-order valence-corrected chi connectivity index (χ1v) is 25.3. The summed E-state index contributed by atoms with van der Waals surface area (Å²) in [5, 5.41) is 4.42. The fourth-order valence-electron chi connectivity index (χ4n) is 10.3. The van der Waals surface area contributed by atoms with Crippen molar-refractivity contribution in [2.45, 2.75) is 13.8 Å². The van der Waals surface area contributed by atoms with Crippen LogP contribution < -0.4 is 0 Å². The summed E-state index contributed by atoms with van der Waals surface area (Å²) in [6, 6.07) is 73.5. The number of aromatic nitrogens is 7. The van der Waals surface area contributed by atoms with Crippen LogP contribution in [0.4, 0.5) is 0 Å². The number of nitrogens with zero attached hydrogens (tertiary/aromatic N) is 7. The monoisotopic (exact) mass is 977 g/mol. The number of para-hydroxylation sites is 1. The summed E-state index contributed by atoms with van der Waals surface area (Å²) < 4.78 is 8.91. The van der Waals surface area contributed by atoms with Gasteiger partial charge in [0.05, 0.1) is 11.0 Å². The van der Waals surface area contributed by atoms with Gasteiger partial charge in [0.2, 0.25) is 0 Å². The lowest BCUT2D eigenvalue weighted by Crippen LogP contribution is -2.03. The molecule has 0 saturated carbocycles. The van der Waals surface area contributed by atoms with E-state index < -0.39 is 0 Å². The molecule has 0 bridgehead atoms. The highest BCUT2D eigenvalue weighted by Gasteiger charge is 2.20. The number of rotatable bonds is 11. The van der Waals surface area contributed by atoms with Crippen LogP contribution in [0.5, 0.6) is 0 Å². The van der Waals surface area contributed by atoms with Crippen LogP contribution in [0.3, 0.4) is 0 Å². The molecule has 0 radical (unpaired) electrons. The van der Waals surface area contributed by atoms with Crippen LogP contribution in [0.1, 0.15) is 18.3 Å². The van der Waals surface area contributed by atoms with Gasteiger partial charge in [-0.15, -0.1) is 0 Å². The van der Waals surface area contributed by atoms with Crippen molar-refractivity contribution >= 4 is 49.3 Å². The normalized spacial score (nSPS) is 11.9. The van der Waals surface area contributed by atoms with Crippen LogP contribution in [-0.4, -0.2) is 34.5 Å². The predicted octanol–water partition coefficient (Wildman–Crippen LogP) is 17.2. The molecule has 4 heterocycles. The van der Waals surface area contributed by atoms with Crippen molar-refractivity contribution in [3.63, 3.8) is 0 Å². The first kappa shape index (κ1) is 45.7. The molecule has 4 aromatic heterocycles. The Balaban J connectivity index is 0.871. The molecule has 8 heteroatoms. The zero-order valence-electron chi connectivity index (χ0n) is 41.8. The van der Waals surface area contributed by atoms with E-state index in [0.29, 0.717) is 34.9 Å². The topological polar surface area (TPSA) is 95.4 Å². The fourth-order valence-corrected chi connectivity index (χ4v) is 10.3. The molecule has 0 aliphatic carbocycles. The SMILES string of the molecule is C=C/C=C\C(=C/C)c1nc(-c2ccc(-n3c4ccccc4c4cc(-c5ccc6oc7cccc(-c8cccc(-c9nc(-c%10ccccc%10)nc(-c%10ccccc%10)n9)c8)c7c6c5)ccc43)cc2)nc(-c2ccccc2C)n1. The van der Waals surface area contributed by atoms with Gasteiger partial charge in [0, 0.05) is 60.6 Å². The predicted molar refractivity (Wildman–Crippen MR) is 311 cm³/mol. The molecule has 0 spiro atoms. The van der Waals surface area contributed by atoms with Crippen LogP contribution >= 0.6 is 0 Å². The summed E-state index contributed by atoms with van der Waals surface area (Å²) in [4.78, 5) is 30.0. The van der Waals surface area contributed by atoms with Gasteiger partial charge in [-0.1, -0.05) is 176 Å². The van der Waals surface area contributed by atoms with Gasteiger partial charge in [-0.25, -0.2) is 29.9 Å². The Bertz CT molecular complexity index is 4380. The maximum Gasteiger partial charge on any atom is 0.164 e. The number of fused-ring (bicyclic) bond motifs is 6. The summed E-state index contributed by atoms with van der Waals surface area (Å²) in [7, 11) is 0. The van der Waals surface area contributed by atoms with E-state index in [1.165, 1.54) is 5.39 Å². The third-order valence-electron chi connectivity index (χ3n) is 14.0. The molecule has 0 aliphatic rings. The number of hydrogen-bond donors (Lipinski definition) is 0. The van der Waals surface area contributed by atoms with E-state index in [2.05, 4.69) is 152 Å². The largest absolute Gasteiger partial charge is 0.456 e. The molecule has 0 aliphatic heterocycles. The van der Waals surface area contributed by atoms with Gasteiger partial charge in [-0.05, 0) is 108 Å². The van der Waals surface area contributed by atoms with Crippen LogP contribution in [0.15, 0.2) is 248 Å². The minimum Gasteiger partial charge on any atom is -0.456 e. The average molecular weight is 978 g/mol. The molecule has 8 nitrogen and oxygen atoms in total. The molecule has 0 N–H and O–H groups in total. The van der Waals surface area contributed by atoms with E-state index in [1.54, 1.807) is 6.08 Å². The second-order valence-corrected chi connectivity index (χ2v) is 18.7. The Hall–Kier alpha value is -10.2. The van der Waals surface area contributed by atoms with E-state index in [-0.39, 0.29) is 0 Å². The van der Waals surface area contributed by atoms with Gasteiger partial charge in [0.25, 0.3) is 0 Å². The lowest BCUT2D eigenvalue weighted by atomic mass is 9.96. The molecular formula is C68H47N7O. The molecule has 0 unspecified atom stereocenters. The van der Waals surface area contributed by atoms with Crippen molar-refractivity contribution in [2.75, 3.05) is 0 Å². The van der Waals surface area contributed by atoms with E-state index in [9.17, 15) is 0 Å². The zero-order valence-corrected chi connectivity index (χ0v) is 41.8. The summed E-state index contributed by atoms with van der Waals surface area (Å²) in [5.41, 5.74) is 15.8. The van der Waals surface area contributed by atoms with Crippen molar-refractivity contribution in [1.82, 2.24) is 34.5 Å². The van der Waals surface area contributed by atoms with Crippen molar-refractivity contribution in [3.05, 3.63) is 255 Å². The molecule has 0 saturated heterocycles. The maximum absolute atomic E-state index is 6.58. The van der Waals surface area contributed by atoms with Crippen molar-refractivity contribution in [2.24, 2.45) is 0 Å². The Labute approximate surface area is 439 Å². The summed E-state index contributed by atoms with van der Waals surface area (Å²) in [5.74, 6) is 3.69. The zero-order chi connectivity index (χ0) is 51.1. The standard InChI is InChI=1S/C68H47N7O/c1-4-6-20-44(5-2)63-69-66(74-68(73-63)53-27-14-13-19-43(53)3)47-32-36-52(37-33-47)75-58-30-16-15-28-55(58)56-41-48(34-38-59(56)75)49-35-39-60-57(42-49)62-54(29-18-31-61(62)76-60)50-25-17-26-51(40-50)67-71-64(45-21-9-7-10-22-45)70-65(72-67)46-23-11-8-12-24-46/h4-42H,1H2,2-3H3/b20-6-,44-5+. The second kappa shape index (κ2) is 19.3. The second-order valence-electron chi connectivity index (χ2n) is 18.7. The minimum absolute atomic E-state index is 0.602. The quantitative estimate of drug-likeness (QED) is 0.119. The lowest BCUT2D eigenvalue weighted by molar-refractivity contribution is 0.669. The Morgan fingerprint density at radius 2 is 0.987 bits per heavy atom. The number of aryl methyl sites for hydroxylation is 1. The summed E-state index contributed by atoms with van der Waals surface area (Å²) in [6.45, 7) is 7.93. The van der Waals surface area contributed by atoms with Crippen molar-refractivity contribution in [1.29, 1.82) is 0 Å². The van der Waals surface area contributed by atoms with E-state index >= 15 is 0 Å². The molecule has 9 aromatic carbocycles. The highest BCUT2D eigenvalue weighted by atomic mass is 16.3. The van der Waals surface area contributed by atoms with Gasteiger partial charge in [0.1, 0.15) is 11.2 Å². The molecule has 0 atom stereocenters. The van der Waals surface area contributed by atoms with Crippen LogP contribution in [0.2, 0.25) is 0 Å². The molecule has 76 heavy (non-hydrogen) atoms. The molecule has 13 rings (SSSR count). The number of allylic oxidation sites excluding steroid dienone is 5. The van der Waals surface area contributed by atoms with Crippen molar-refractivity contribution < 1.29 is 4.42 Å². The molecular weight excluding hydrogens is 931 g/mol. The van der Waals surface area contributed by atoms with E-state index in [1.807, 2.05) is 104 Å². The van der Waals surface area contributed by atoms with Gasteiger partial charge in [-0.3, -0.25) is 0 Å². The van der Waals surface area contributed by atoms with Crippen LogP contribution in [0, 0.1) is 6.92 Å². The summed E-state index contributed by atoms with van der Waals surface area (Å²) >= 11 is 0. The first-order valence-electron chi connectivity index (χ1n) is 25.3. The van der Waals surface area contributed by atoms with Crippen LogP contribution in [-0.2, 0) is 0 Å². The molecule has 0 amide bonds. The van der Waals surface area contributed by atoms with Gasteiger partial charge < -0.3 is 8.98 Å². The maximum atomic E-state index is 6.58. The highest BCUT2D eigenvalue weighted by Crippen LogP contribution is 2.41. The third-order valence-corrected chi connectivity index (χ3v) is 14.0. The third kappa shape index (κ3) is 8.34. The van der Waals surface area contributed by atoms with Gasteiger partial charge in [0.15, 0.2) is 34.9 Å². The van der Waals surface area contributed by atoms with Gasteiger partial charge in [-0.2, -0.15) is 0 Å². The first-order chi connectivity index (χ1) is 37.5. The molecule has 0 fully saturated rings. The average Bonchev–Trinajstić information content (AvgIpc) is 4.10. The van der Waals surface area contributed by atoms with Crippen molar-refractivity contribution in [3.8, 4) is 84.9 Å². The van der Waals surface area contributed by atoms with E-state index in [4.69, 9.17) is 34.3 Å². The minimum atomic E-state index is 0.602. The number of benzene rings is 9. The smallest absolute Gasteiger partial charge is 0.164 e. The number of hydrogen-bond acceptors (Lipinski definition) is 7. The highest BCUT2D eigenvalue weighted by molar-refractivity contribution is 6.14.